The van der Waals surface area contributed by atoms with Gasteiger partial charge in [0.25, 0.3) is 5.69 Å². The average Bonchev–Trinajstić information content (AvgIpc) is 2.56. The van der Waals surface area contributed by atoms with Gasteiger partial charge < -0.3 is 15.3 Å². The van der Waals surface area contributed by atoms with Crippen molar-refractivity contribution >= 4 is 35.6 Å². The number of nitro benzene ring substituents is 1. The summed E-state index contributed by atoms with van der Waals surface area (Å²) < 4.78 is 0. The number of rotatable bonds is 5. The molecule has 1 aromatic carbocycles. The number of nitrogens with zero attached hydrogens (tertiary/aromatic N) is 3. The Morgan fingerprint density at radius 1 is 1.38 bits per heavy atom. The molecule has 0 saturated carbocycles. The average molecular weight is 448 g/mol. The van der Waals surface area contributed by atoms with E-state index in [1.54, 1.807) is 12.1 Å². The van der Waals surface area contributed by atoms with Gasteiger partial charge in [-0.3, -0.25) is 10.1 Å². The number of guanidine groups is 1. The first-order valence-electron chi connectivity index (χ1n) is 8.04. The van der Waals surface area contributed by atoms with Gasteiger partial charge in [0, 0.05) is 31.8 Å². The van der Waals surface area contributed by atoms with Gasteiger partial charge in [-0.2, -0.15) is 0 Å². The van der Waals surface area contributed by atoms with Crippen LogP contribution in [0.25, 0.3) is 0 Å². The number of halogens is 1. The number of aliphatic hydroxyl groups is 1. The molecule has 0 amide bonds. The molecule has 0 radical (unpaired) electrons. The lowest BCUT2D eigenvalue weighted by Gasteiger charge is -2.32. The first-order chi connectivity index (χ1) is 11.1. The van der Waals surface area contributed by atoms with Crippen LogP contribution in [0.5, 0.6) is 0 Å². The number of aliphatic imine (C=N–C) groups is 1. The van der Waals surface area contributed by atoms with E-state index in [0.29, 0.717) is 6.54 Å². The monoisotopic (exact) mass is 448 g/mol. The molecule has 1 aliphatic rings. The van der Waals surface area contributed by atoms with E-state index in [1.807, 2.05) is 0 Å². The number of likely N-dealkylation sites (tertiary alicyclic amines) is 1. The lowest BCUT2D eigenvalue weighted by molar-refractivity contribution is -0.384. The summed E-state index contributed by atoms with van der Waals surface area (Å²) in [6.45, 7) is 5.00. The third kappa shape index (κ3) is 6.23. The molecule has 1 aromatic rings. The van der Waals surface area contributed by atoms with Crippen molar-refractivity contribution < 1.29 is 10.0 Å². The van der Waals surface area contributed by atoms with Crippen LogP contribution >= 0.6 is 24.0 Å². The normalized spacial score (nSPS) is 15.8. The molecule has 0 atom stereocenters. The maximum atomic E-state index is 10.7. The highest BCUT2D eigenvalue weighted by molar-refractivity contribution is 14.0. The van der Waals surface area contributed by atoms with Crippen LogP contribution in [0, 0.1) is 10.1 Å². The molecule has 1 saturated heterocycles. The summed E-state index contributed by atoms with van der Waals surface area (Å²) in [7, 11) is 0. The summed E-state index contributed by atoms with van der Waals surface area (Å²) >= 11 is 0. The van der Waals surface area contributed by atoms with Crippen LogP contribution in [0.4, 0.5) is 5.69 Å². The second-order valence-corrected chi connectivity index (χ2v) is 5.71. The Bertz CT molecular complexity index is 543. The van der Waals surface area contributed by atoms with E-state index in [4.69, 9.17) is 0 Å². The second-order valence-electron chi connectivity index (χ2n) is 5.71. The van der Waals surface area contributed by atoms with Crippen molar-refractivity contribution in [1.29, 1.82) is 0 Å². The van der Waals surface area contributed by atoms with Gasteiger partial charge in [-0.1, -0.05) is 19.1 Å². The molecular weight excluding hydrogens is 423 g/mol. The molecule has 134 valence electrons. The summed E-state index contributed by atoms with van der Waals surface area (Å²) in [4.78, 5) is 17.1. The fourth-order valence-corrected chi connectivity index (χ4v) is 2.47. The van der Waals surface area contributed by atoms with Crippen molar-refractivity contribution in [2.24, 2.45) is 4.99 Å². The Hall–Kier alpha value is -1.42. The van der Waals surface area contributed by atoms with Crippen molar-refractivity contribution in [1.82, 2.24) is 10.2 Å². The lowest BCUT2D eigenvalue weighted by Crippen LogP contribution is -2.46. The zero-order valence-corrected chi connectivity index (χ0v) is 16.2. The molecule has 24 heavy (non-hydrogen) atoms. The number of nitrogens with one attached hydrogen (secondary N) is 1. The number of benzene rings is 1. The maximum absolute atomic E-state index is 10.7. The zero-order valence-electron chi connectivity index (χ0n) is 13.9. The van der Waals surface area contributed by atoms with E-state index >= 15 is 0 Å². The highest BCUT2D eigenvalue weighted by atomic mass is 127. The summed E-state index contributed by atoms with van der Waals surface area (Å²) in [5.41, 5.74) is 1.02. The fourth-order valence-electron chi connectivity index (χ4n) is 2.47. The van der Waals surface area contributed by atoms with Crippen LogP contribution < -0.4 is 5.32 Å². The molecule has 1 aliphatic heterocycles. The number of hydrogen-bond donors (Lipinski definition) is 2. The van der Waals surface area contributed by atoms with Crippen LogP contribution in [0.15, 0.2) is 29.3 Å². The van der Waals surface area contributed by atoms with Crippen molar-refractivity contribution in [3.63, 3.8) is 0 Å². The Labute approximate surface area is 159 Å². The Kier molecular flexibility index (Phi) is 8.98. The molecule has 1 heterocycles. The summed E-state index contributed by atoms with van der Waals surface area (Å²) in [6, 6.07) is 6.47. The molecule has 2 rings (SSSR count). The van der Waals surface area contributed by atoms with Gasteiger partial charge in [-0.25, -0.2) is 4.99 Å². The first kappa shape index (κ1) is 20.6. The van der Waals surface area contributed by atoms with Crippen LogP contribution in [-0.4, -0.2) is 46.6 Å². The minimum atomic E-state index is -0.402. The number of piperidine rings is 1. The number of hydrogen-bond acceptors (Lipinski definition) is 4. The molecule has 0 unspecified atom stereocenters. The van der Waals surface area contributed by atoms with Gasteiger partial charge in [0.15, 0.2) is 5.96 Å². The predicted octanol–water partition coefficient (Wildman–Crippen LogP) is 2.53. The highest BCUT2D eigenvalue weighted by Crippen LogP contribution is 2.14. The molecule has 1 fully saturated rings. The number of nitro groups is 1. The van der Waals surface area contributed by atoms with E-state index in [9.17, 15) is 15.2 Å². The molecule has 0 aliphatic carbocycles. The van der Waals surface area contributed by atoms with Gasteiger partial charge in [0.1, 0.15) is 0 Å². The number of aliphatic hydroxyl groups excluding tert-OH is 1. The van der Waals surface area contributed by atoms with Gasteiger partial charge in [-0.15, -0.1) is 24.0 Å². The molecule has 0 bridgehead atoms. The van der Waals surface area contributed by atoms with Crippen molar-refractivity contribution in [2.45, 2.75) is 38.8 Å². The molecule has 8 heteroatoms. The highest BCUT2D eigenvalue weighted by Gasteiger charge is 2.19. The summed E-state index contributed by atoms with van der Waals surface area (Å²) in [5, 5.41) is 23.6. The fraction of sp³-hybridized carbons (Fsp3) is 0.562. The smallest absolute Gasteiger partial charge is 0.269 e. The summed E-state index contributed by atoms with van der Waals surface area (Å²) in [6.07, 6.45) is 2.30. The maximum Gasteiger partial charge on any atom is 0.269 e. The molecular formula is C16H25IN4O3. The third-order valence-corrected chi connectivity index (χ3v) is 3.86. The largest absolute Gasteiger partial charge is 0.393 e. The van der Waals surface area contributed by atoms with E-state index in [1.165, 1.54) is 12.1 Å². The molecule has 0 aromatic heterocycles. The number of non-ortho nitro benzene ring substituents is 1. The van der Waals surface area contributed by atoms with E-state index in [2.05, 4.69) is 22.1 Å². The lowest BCUT2D eigenvalue weighted by atomic mass is 10.1. The SMILES string of the molecule is CCCNC(=NCc1ccc([N+](=O)[O-])cc1)N1CCC(O)CC1.I. The quantitative estimate of drug-likeness (QED) is 0.238. The molecule has 2 N–H and O–H groups in total. The van der Waals surface area contributed by atoms with E-state index in [0.717, 1.165) is 50.4 Å². The third-order valence-electron chi connectivity index (χ3n) is 3.86. The van der Waals surface area contributed by atoms with E-state index in [-0.39, 0.29) is 35.8 Å². The van der Waals surface area contributed by atoms with Crippen LogP contribution in [0.1, 0.15) is 31.7 Å². The second kappa shape index (κ2) is 10.4. The van der Waals surface area contributed by atoms with Crippen molar-refractivity contribution in [3.05, 3.63) is 39.9 Å². The topological polar surface area (TPSA) is 91.0 Å². The standard InChI is InChI=1S/C16H24N4O3.HI/c1-2-9-17-16(19-10-7-15(21)8-11-19)18-12-13-3-5-14(6-4-13)20(22)23;/h3-6,15,21H,2,7-12H2,1H3,(H,17,18);1H. The first-order valence-corrected chi connectivity index (χ1v) is 8.04. The van der Waals surface area contributed by atoms with Crippen LogP contribution in [0.3, 0.4) is 0 Å². The molecule has 0 spiro atoms. The van der Waals surface area contributed by atoms with Gasteiger partial charge in [-0.05, 0) is 24.8 Å². The van der Waals surface area contributed by atoms with Crippen LogP contribution in [-0.2, 0) is 6.54 Å². The zero-order chi connectivity index (χ0) is 16.7. The minimum Gasteiger partial charge on any atom is -0.393 e. The minimum absolute atomic E-state index is 0. The van der Waals surface area contributed by atoms with Crippen molar-refractivity contribution in [3.8, 4) is 0 Å². The van der Waals surface area contributed by atoms with Crippen molar-refractivity contribution in [2.75, 3.05) is 19.6 Å². The van der Waals surface area contributed by atoms with Gasteiger partial charge >= 0.3 is 0 Å². The van der Waals surface area contributed by atoms with Gasteiger partial charge in [0.2, 0.25) is 0 Å². The Morgan fingerprint density at radius 3 is 2.54 bits per heavy atom. The van der Waals surface area contributed by atoms with Crippen LogP contribution in [0.2, 0.25) is 0 Å². The Morgan fingerprint density at radius 2 is 2.00 bits per heavy atom. The van der Waals surface area contributed by atoms with E-state index < -0.39 is 4.92 Å². The van der Waals surface area contributed by atoms with Gasteiger partial charge in [0.05, 0.1) is 17.6 Å². The molecule has 7 nitrogen and oxygen atoms in total. The summed E-state index contributed by atoms with van der Waals surface area (Å²) in [5.74, 6) is 0.845. The predicted molar refractivity (Wildman–Crippen MR) is 105 cm³/mol. The Balaban J connectivity index is 0.00000288.